The third-order valence-electron chi connectivity index (χ3n) is 5.21. The van der Waals surface area contributed by atoms with Crippen LogP contribution in [0.2, 0.25) is 0 Å². The molecule has 3 rings (SSSR count). The van der Waals surface area contributed by atoms with Gasteiger partial charge >= 0.3 is 0 Å². The second-order valence-corrected chi connectivity index (χ2v) is 11.5. The van der Waals surface area contributed by atoms with Crippen molar-refractivity contribution >= 4 is 46.7 Å². The van der Waals surface area contributed by atoms with E-state index in [-0.39, 0.29) is 17.1 Å². The second kappa shape index (κ2) is 12.5. The normalized spacial score (nSPS) is 15.6. The smallest absolute Gasteiger partial charge is 0.235 e. The molecule has 1 unspecified atom stereocenters. The van der Waals surface area contributed by atoms with E-state index in [1.807, 2.05) is 24.8 Å². The predicted molar refractivity (Wildman–Crippen MR) is 129 cm³/mol. The Kier molecular flexibility index (Phi) is 9.67. The number of rotatable bonds is 10. The minimum Gasteiger partial charge on any atom is -0.355 e. The van der Waals surface area contributed by atoms with Crippen LogP contribution >= 0.6 is 34.9 Å². The highest BCUT2D eigenvalue weighted by Gasteiger charge is 2.27. The van der Waals surface area contributed by atoms with Crippen LogP contribution < -0.4 is 5.32 Å². The van der Waals surface area contributed by atoms with Crippen molar-refractivity contribution < 1.29 is 9.59 Å². The third kappa shape index (κ3) is 7.80. The topological polar surface area (TPSA) is 75.2 Å². The van der Waals surface area contributed by atoms with Crippen LogP contribution in [-0.4, -0.2) is 57.5 Å². The van der Waals surface area contributed by atoms with Gasteiger partial charge in [-0.2, -0.15) is 0 Å². The molecule has 1 aliphatic heterocycles. The van der Waals surface area contributed by atoms with Crippen LogP contribution in [0, 0.1) is 5.92 Å². The fraction of sp³-hybridized carbons (Fsp3) is 0.545. The standard InChI is InChI=1S/C22H30N4O2S3/c1-3-11-23-19(27)15-29-21-24-25-22(31-21)30-16(2)20(28)26-12-9-18(10-13-26)14-17-7-5-4-6-8-17/h4-8,16,18H,3,9-15H2,1-2H3,(H,23,27). The summed E-state index contributed by atoms with van der Waals surface area (Å²) in [6, 6.07) is 10.6. The van der Waals surface area contributed by atoms with Crippen molar-refractivity contribution in [2.24, 2.45) is 5.92 Å². The van der Waals surface area contributed by atoms with Crippen molar-refractivity contribution in [3.63, 3.8) is 0 Å². The number of piperidine rings is 1. The number of carbonyl (C=O) groups is 2. The average molecular weight is 479 g/mol. The minimum atomic E-state index is -0.190. The molecule has 2 heterocycles. The predicted octanol–water partition coefficient (Wildman–Crippen LogP) is 4.12. The molecular formula is C22H30N4O2S3. The molecule has 1 aromatic heterocycles. The molecule has 0 saturated carbocycles. The summed E-state index contributed by atoms with van der Waals surface area (Å²) < 4.78 is 1.53. The van der Waals surface area contributed by atoms with Crippen LogP contribution in [0.1, 0.15) is 38.7 Å². The molecule has 0 aliphatic carbocycles. The summed E-state index contributed by atoms with van der Waals surface area (Å²) in [5.41, 5.74) is 1.38. The highest BCUT2D eigenvalue weighted by atomic mass is 32.2. The molecule has 1 atom stereocenters. The number of aromatic nitrogens is 2. The van der Waals surface area contributed by atoms with Gasteiger partial charge < -0.3 is 10.2 Å². The van der Waals surface area contributed by atoms with E-state index < -0.39 is 0 Å². The van der Waals surface area contributed by atoms with Gasteiger partial charge in [-0.05, 0) is 44.1 Å². The molecule has 168 valence electrons. The number of amides is 2. The maximum atomic E-state index is 12.9. The van der Waals surface area contributed by atoms with E-state index >= 15 is 0 Å². The summed E-state index contributed by atoms with van der Waals surface area (Å²) in [5, 5.41) is 11.0. The Hall–Kier alpha value is -1.58. The largest absolute Gasteiger partial charge is 0.355 e. The Morgan fingerprint density at radius 3 is 2.61 bits per heavy atom. The molecule has 1 aromatic carbocycles. The first-order chi connectivity index (χ1) is 15.0. The zero-order chi connectivity index (χ0) is 22.1. The van der Waals surface area contributed by atoms with E-state index in [0.29, 0.717) is 18.2 Å². The lowest BCUT2D eigenvalue weighted by atomic mass is 9.90. The van der Waals surface area contributed by atoms with Gasteiger partial charge in [0.15, 0.2) is 8.68 Å². The first kappa shape index (κ1) is 24.1. The lowest BCUT2D eigenvalue weighted by molar-refractivity contribution is -0.131. The van der Waals surface area contributed by atoms with E-state index in [1.165, 1.54) is 40.4 Å². The highest BCUT2D eigenvalue weighted by Crippen LogP contribution is 2.32. The Morgan fingerprint density at radius 2 is 1.90 bits per heavy atom. The molecular weight excluding hydrogens is 448 g/mol. The number of nitrogens with zero attached hydrogens (tertiary/aromatic N) is 3. The number of hydrogen-bond donors (Lipinski definition) is 1. The van der Waals surface area contributed by atoms with Crippen molar-refractivity contribution in [1.82, 2.24) is 20.4 Å². The average Bonchev–Trinajstić information content (AvgIpc) is 3.24. The Morgan fingerprint density at radius 1 is 1.19 bits per heavy atom. The number of benzene rings is 1. The molecule has 2 amide bonds. The van der Waals surface area contributed by atoms with Crippen LogP contribution in [0.5, 0.6) is 0 Å². The van der Waals surface area contributed by atoms with E-state index in [0.717, 1.165) is 47.5 Å². The van der Waals surface area contributed by atoms with Gasteiger partial charge in [0.2, 0.25) is 11.8 Å². The zero-order valence-electron chi connectivity index (χ0n) is 18.1. The molecule has 1 saturated heterocycles. The van der Waals surface area contributed by atoms with Crippen LogP contribution in [0.3, 0.4) is 0 Å². The lowest BCUT2D eigenvalue weighted by Crippen LogP contribution is -2.42. The molecule has 0 spiro atoms. The summed E-state index contributed by atoms with van der Waals surface area (Å²) in [6.07, 6.45) is 4.12. The number of nitrogens with one attached hydrogen (secondary N) is 1. The molecule has 9 heteroatoms. The second-order valence-electron chi connectivity index (χ2n) is 7.69. The fourth-order valence-electron chi connectivity index (χ4n) is 3.51. The van der Waals surface area contributed by atoms with Crippen LogP contribution in [0.15, 0.2) is 39.0 Å². The van der Waals surface area contributed by atoms with Gasteiger partial charge in [0.05, 0.1) is 11.0 Å². The molecule has 1 aliphatic rings. The highest BCUT2D eigenvalue weighted by molar-refractivity contribution is 8.04. The van der Waals surface area contributed by atoms with Crippen LogP contribution in [-0.2, 0) is 16.0 Å². The Bertz CT molecular complexity index is 838. The van der Waals surface area contributed by atoms with Gasteiger partial charge in [-0.25, -0.2) is 0 Å². The molecule has 1 N–H and O–H groups in total. The van der Waals surface area contributed by atoms with Gasteiger partial charge in [-0.3, -0.25) is 9.59 Å². The first-order valence-corrected chi connectivity index (χ1v) is 13.5. The van der Waals surface area contributed by atoms with E-state index in [1.54, 1.807) is 0 Å². The van der Waals surface area contributed by atoms with Crippen molar-refractivity contribution in [3.05, 3.63) is 35.9 Å². The molecule has 0 radical (unpaired) electrons. The number of thioether (sulfide) groups is 2. The zero-order valence-corrected chi connectivity index (χ0v) is 20.5. The lowest BCUT2D eigenvalue weighted by Gasteiger charge is -2.33. The Labute approximate surface area is 197 Å². The van der Waals surface area contributed by atoms with Crippen LogP contribution in [0.4, 0.5) is 0 Å². The van der Waals surface area contributed by atoms with Gasteiger partial charge in [0.1, 0.15) is 0 Å². The van der Waals surface area contributed by atoms with Gasteiger partial charge in [0.25, 0.3) is 0 Å². The fourth-order valence-corrected chi connectivity index (χ4v) is 6.59. The Balaban J connectivity index is 1.40. The first-order valence-electron chi connectivity index (χ1n) is 10.8. The van der Waals surface area contributed by atoms with E-state index in [4.69, 9.17) is 0 Å². The summed E-state index contributed by atoms with van der Waals surface area (Å²) in [5.74, 6) is 1.17. The van der Waals surface area contributed by atoms with E-state index in [9.17, 15) is 9.59 Å². The molecule has 6 nitrogen and oxygen atoms in total. The molecule has 31 heavy (non-hydrogen) atoms. The van der Waals surface area contributed by atoms with Gasteiger partial charge in [-0.1, -0.05) is 72.1 Å². The van der Waals surface area contributed by atoms with Gasteiger partial charge in [0, 0.05) is 19.6 Å². The van der Waals surface area contributed by atoms with E-state index in [2.05, 4.69) is 39.8 Å². The minimum absolute atomic E-state index is 0.00969. The summed E-state index contributed by atoms with van der Waals surface area (Å²) in [4.78, 5) is 26.6. The van der Waals surface area contributed by atoms with Gasteiger partial charge in [-0.15, -0.1) is 10.2 Å². The van der Waals surface area contributed by atoms with Crippen molar-refractivity contribution in [1.29, 1.82) is 0 Å². The van der Waals surface area contributed by atoms with Crippen molar-refractivity contribution in [3.8, 4) is 0 Å². The van der Waals surface area contributed by atoms with Crippen molar-refractivity contribution in [2.75, 3.05) is 25.4 Å². The monoisotopic (exact) mass is 478 g/mol. The van der Waals surface area contributed by atoms with Crippen molar-refractivity contribution in [2.45, 2.75) is 53.5 Å². The maximum Gasteiger partial charge on any atom is 0.235 e. The maximum absolute atomic E-state index is 12.9. The molecule has 1 fully saturated rings. The summed E-state index contributed by atoms with van der Waals surface area (Å²) in [7, 11) is 0. The summed E-state index contributed by atoms with van der Waals surface area (Å²) >= 11 is 4.29. The van der Waals surface area contributed by atoms with Crippen LogP contribution in [0.25, 0.3) is 0 Å². The molecule has 0 bridgehead atoms. The third-order valence-corrected chi connectivity index (χ3v) is 8.43. The summed E-state index contributed by atoms with van der Waals surface area (Å²) in [6.45, 7) is 6.31. The number of likely N-dealkylation sites (tertiary alicyclic amines) is 1. The number of carbonyl (C=O) groups excluding carboxylic acids is 2. The molecule has 2 aromatic rings. The SMILES string of the molecule is CCCNC(=O)CSc1nnc(SC(C)C(=O)N2CCC(Cc3ccccc3)CC2)s1. The number of hydrogen-bond acceptors (Lipinski definition) is 7. The quantitative estimate of drug-likeness (QED) is 0.518.